The molecule has 13 heavy (non-hydrogen) atoms. The minimum absolute atomic E-state index is 0.0455. The van der Waals surface area contributed by atoms with Crippen LogP contribution in [-0.4, -0.2) is 15.0 Å². The molecule has 0 unspecified atom stereocenters. The first-order valence-electron chi connectivity index (χ1n) is 3.95. The van der Waals surface area contributed by atoms with Crippen molar-refractivity contribution in [2.24, 2.45) is 0 Å². The molecule has 0 aromatic carbocycles. The Balaban J connectivity index is 2.56. The van der Waals surface area contributed by atoms with Crippen LogP contribution in [0.15, 0.2) is 42.5 Å². The van der Waals surface area contributed by atoms with E-state index in [1.165, 1.54) is 15.6 Å². The predicted molar refractivity (Wildman–Crippen MR) is 54.1 cm³/mol. The predicted octanol–water partition coefficient (Wildman–Crippen LogP) is 1.60. The van der Waals surface area contributed by atoms with Gasteiger partial charge in [0.15, 0.2) is 0 Å². The normalized spacial score (nSPS) is 9.77. The summed E-state index contributed by atoms with van der Waals surface area (Å²) in [4.78, 5) is 2.23. The maximum absolute atomic E-state index is 8.64. The number of nitrogens with zero attached hydrogens (tertiary/aromatic N) is 1. The summed E-state index contributed by atoms with van der Waals surface area (Å²) in [5.41, 5.74) is 2.43. The molecule has 62 valence electrons. The van der Waals surface area contributed by atoms with Crippen molar-refractivity contribution in [2.45, 2.75) is 0 Å². The maximum atomic E-state index is 8.64. The summed E-state index contributed by atoms with van der Waals surface area (Å²) in [7, 11) is 0. The van der Waals surface area contributed by atoms with Crippen molar-refractivity contribution in [1.82, 2.24) is 0 Å². The van der Waals surface area contributed by atoms with Gasteiger partial charge >= 0.3 is 83.2 Å². The zero-order valence-corrected chi connectivity index (χ0v) is 8.61. The fourth-order valence-corrected chi connectivity index (χ4v) is 2.44. The molecule has 0 radical (unpaired) electrons. The summed E-state index contributed by atoms with van der Waals surface area (Å²) in [5.74, 6) is 0. The van der Waals surface area contributed by atoms with Gasteiger partial charge in [-0.25, -0.2) is 0 Å². The molecule has 0 aromatic heterocycles. The van der Waals surface area contributed by atoms with Gasteiger partial charge in [-0.15, -0.1) is 0 Å². The topological polar surface area (TPSA) is 23.8 Å². The van der Waals surface area contributed by atoms with Gasteiger partial charge in [0.25, 0.3) is 0 Å². The zero-order chi connectivity index (χ0) is 9.10. The summed E-state index contributed by atoms with van der Waals surface area (Å²) in [6.45, 7) is 0. The van der Waals surface area contributed by atoms with Crippen LogP contribution in [0.4, 0.5) is 0 Å². The quantitative estimate of drug-likeness (QED) is 0.685. The van der Waals surface area contributed by atoms with Crippen LogP contribution in [-0.2, 0) is 0 Å². The molecule has 2 heteroatoms. The second kappa shape index (κ2) is 3.62. The van der Waals surface area contributed by atoms with Crippen molar-refractivity contribution in [3.63, 3.8) is 0 Å². The van der Waals surface area contributed by atoms with Crippen molar-refractivity contribution in [3.05, 3.63) is 42.5 Å². The summed E-state index contributed by atoms with van der Waals surface area (Å²) in [5, 5.41) is 8.64. The zero-order valence-electron chi connectivity index (χ0n) is 6.90. The van der Waals surface area contributed by atoms with Crippen molar-refractivity contribution in [1.29, 1.82) is 5.26 Å². The SMILES string of the molecule is N#C[Se]c1ccc2cccccc1-2. The molecule has 0 N–H and O–H groups in total. The van der Waals surface area contributed by atoms with Crippen LogP contribution in [0.1, 0.15) is 0 Å². The van der Waals surface area contributed by atoms with E-state index < -0.39 is 0 Å². The molecule has 0 spiro atoms. The van der Waals surface area contributed by atoms with E-state index in [4.69, 9.17) is 5.26 Å². The van der Waals surface area contributed by atoms with Gasteiger partial charge in [-0.05, 0) is 0 Å². The van der Waals surface area contributed by atoms with E-state index in [2.05, 4.69) is 23.2 Å². The standard InChI is InChI=1S/C11H7NSe/c12-8-13-11-7-6-9-4-2-1-3-5-10(9)11/h1-7H. The number of rotatable bonds is 1. The van der Waals surface area contributed by atoms with Gasteiger partial charge in [0, 0.05) is 0 Å². The van der Waals surface area contributed by atoms with Crippen LogP contribution in [0, 0.1) is 10.2 Å². The third-order valence-electron chi connectivity index (χ3n) is 1.91. The number of fused-ring (bicyclic) bond motifs is 1. The molecule has 0 aromatic rings. The molecule has 2 aliphatic rings. The van der Waals surface area contributed by atoms with Crippen LogP contribution in [0.2, 0.25) is 0 Å². The fourth-order valence-electron chi connectivity index (χ4n) is 1.32. The molecular weight excluding hydrogens is 225 g/mol. The van der Waals surface area contributed by atoms with Crippen molar-refractivity contribution < 1.29 is 0 Å². The molecule has 1 nitrogen and oxygen atoms in total. The van der Waals surface area contributed by atoms with Gasteiger partial charge in [-0.1, -0.05) is 0 Å². The minimum atomic E-state index is -0.0455. The third kappa shape index (κ3) is 1.58. The Bertz CT molecular complexity index is 431. The molecule has 0 saturated carbocycles. The van der Waals surface area contributed by atoms with Crippen molar-refractivity contribution in [3.8, 4) is 16.1 Å². The van der Waals surface area contributed by atoms with Gasteiger partial charge < -0.3 is 0 Å². The van der Waals surface area contributed by atoms with Crippen LogP contribution >= 0.6 is 0 Å². The average molecular weight is 232 g/mol. The van der Waals surface area contributed by atoms with E-state index in [1.54, 1.807) is 0 Å². The summed E-state index contributed by atoms with van der Waals surface area (Å²) < 4.78 is 1.18. The monoisotopic (exact) mass is 233 g/mol. The number of nitriles is 1. The Hall–Kier alpha value is -1.29. The molecule has 0 aliphatic heterocycles. The van der Waals surface area contributed by atoms with Crippen LogP contribution in [0.3, 0.4) is 0 Å². The van der Waals surface area contributed by atoms with Gasteiger partial charge in [0.05, 0.1) is 0 Å². The molecule has 0 fully saturated rings. The summed E-state index contributed by atoms with van der Waals surface area (Å²) >= 11 is -0.0455. The Kier molecular flexibility index (Phi) is 2.31. The van der Waals surface area contributed by atoms with Crippen LogP contribution < -0.4 is 4.46 Å². The van der Waals surface area contributed by atoms with Crippen LogP contribution in [0.5, 0.6) is 0 Å². The van der Waals surface area contributed by atoms with E-state index in [-0.39, 0.29) is 15.0 Å². The molecule has 0 heterocycles. The molecule has 0 amide bonds. The Morgan fingerprint density at radius 1 is 1.00 bits per heavy atom. The van der Waals surface area contributed by atoms with Gasteiger partial charge in [-0.3, -0.25) is 0 Å². The van der Waals surface area contributed by atoms with Gasteiger partial charge in [-0.2, -0.15) is 0 Å². The van der Waals surface area contributed by atoms with E-state index in [0.29, 0.717) is 0 Å². The van der Waals surface area contributed by atoms with E-state index in [9.17, 15) is 0 Å². The average Bonchev–Trinajstić information content (AvgIpc) is 2.38. The number of hydrogen-bond acceptors (Lipinski definition) is 1. The van der Waals surface area contributed by atoms with E-state index >= 15 is 0 Å². The Morgan fingerprint density at radius 3 is 2.69 bits per heavy atom. The first-order chi connectivity index (χ1) is 6.42. The fraction of sp³-hybridized carbons (Fsp3) is 0. The second-order valence-electron chi connectivity index (χ2n) is 2.67. The summed E-state index contributed by atoms with van der Waals surface area (Å²) in [6, 6.07) is 14.3. The molecule has 0 atom stereocenters. The Labute approximate surface area is 83.5 Å². The Morgan fingerprint density at radius 2 is 1.85 bits per heavy atom. The molecule has 2 rings (SSSR count). The first-order valence-corrected chi connectivity index (χ1v) is 5.67. The first kappa shape index (κ1) is 8.31. The molecule has 0 saturated heterocycles. The van der Waals surface area contributed by atoms with Crippen molar-refractivity contribution in [2.75, 3.05) is 0 Å². The molecule has 2 aliphatic carbocycles. The van der Waals surface area contributed by atoms with Gasteiger partial charge in [0.2, 0.25) is 0 Å². The van der Waals surface area contributed by atoms with Crippen LogP contribution in [0.25, 0.3) is 11.1 Å². The summed E-state index contributed by atoms with van der Waals surface area (Å²) in [6.07, 6.45) is 0. The van der Waals surface area contributed by atoms with Gasteiger partial charge in [0.1, 0.15) is 0 Å². The third-order valence-corrected chi connectivity index (χ3v) is 3.31. The number of hydrogen-bond donors (Lipinski definition) is 0. The molecular formula is C11H7NSe. The molecule has 0 bridgehead atoms. The van der Waals surface area contributed by atoms with E-state index in [0.717, 1.165) is 0 Å². The second-order valence-corrected chi connectivity index (χ2v) is 4.40. The van der Waals surface area contributed by atoms with Crippen molar-refractivity contribution >= 4 is 19.4 Å². The van der Waals surface area contributed by atoms with E-state index in [1.807, 2.05) is 24.3 Å².